The molecule has 1 aromatic heterocycles. The van der Waals surface area contributed by atoms with Gasteiger partial charge in [-0.2, -0.15) is 4.37 Å². The minimum atomic E-state index is -0.736. The van der Waals surface area contributed by atoms with Crippen LogP contribution in [0.3, 0.4) is 0 Å². The monoisotopic (exact) mass is 444 g/mol. The van der Waals surface area contributed by atoms with Gasteiger partial charge in [-0.05, 0) is 39.2 Å². The molecular formula is C21H24N4O5S. The lowest BCUT2D eigenvalue weighted by Crippen LogP contribution is -2.30. The number of dihydropyridines is 1. The summed E-state index contributed by atoms with van der Waals surface area (Å²) in [5.41, 5.74) is 2.59. The number of para-hydroxylation sites is 1. The highest BCUT2D eigenvalue weighted by molar-refractivity contribution is 7.06. The van der Waals surface area contributed by atoms with Crippen LogP contribution in [0.2, 0.25) is 0 Å². The number of benzene rings is 1. The zero-order valence-electron chi connectivity index (χ0n) is 18.0. The van der Waals surface area contributed by atoms with Crippen molar-refractivity contribution in [1.29, 1.82) is 0 Å². The van der Waals surface area contributed by atoms with Gasteiger partial charge in [0, 0.05) is 35.7 Å². The van der Waals surface area contributed by atoms with Crippen molar-refractivity contribution in [2.24, 2.45) is 0 Å². The molecule has 31 heavy (non-hydrogen) atoms. The van der Waals surface area contributed by atoms with E-state index in [4.69, 9.17) is 9.47 Å². The van der Waals surface area contributed by atoms with Crippen LogP contribution in [-0.2, 0) is 14.3 Å². The number of nitro groups is 1. The first-order chi connectivity index (χ1) is 14.7. The first-order valence-corrected chi connectivity index (χ1v) is 10.4. The maximum atomic E-state index is 13.2. The number of aromatic nitrogens is 2. The summed E-state index contributed by atoms with van der Waals surface area (Å²) in [6.07, 6.45) is -0.284. The molecule has 164 valence electrons. The zero-order chi connectivity index (χ0) is 22.7. The van der Waals surface area contributed by atoms with Crippen LogP contribution < -0.4 is 5.32 Å². The fourth-order valence-electron chi connectivity index (χ4n) is 3.50. The highest BCUT2D eigenvalue weighted by Gasteiger charge is 2.39. The molecule has 2 heterocycles. The minimum Gasteiger partial charge on any atom is -0.460 e. The van der Waals surface area contributed by atoms with Crippen LogP contribution in [0, 0.1) is 17.0 Å². The molecular weight excluding hydrogens is 420 g/mol. The van der Waals surface area contributed by atoms with Crippen molar-refractivity contribution in [1.82, 2.24) is 14.7 Å². The van der Waals surface area contributed by atoms with Gasteiger partial charge in [-0.1, -0.05) is 18.2 Å². The minimum absolute atomic E-state index is 0.0612. The Kier molecular flexibility index (Phi) is 6.81. The van der Waals surface area contributed by atoms with Gasteiger partial charge in [0.05, 0.1) is 22.5 Å². The predicted molar refractivity (Wildman–Crippen MR) is 116 cm³/mol. The smallest absolute Gasteiger partial charge is 0.336 e. The van der Waals surface area contributed by atoms with Gasteiger partial charge in [0.2, 0.25) is 0 Å². The van der Waals surface area contributed by atoms with Crippen molar-refractivity contribution in [3.05, 3.63) is 67.7 Å². The van der Waals surface area contributed by atoms with Gasteiger partial charge in [-0.25, -0.2) is 9.78 Å². The van der Waals surface area contributed by atoms with Crippen molar-refractivity contribution < 1.29 is 19.2 Å². The second kappa shape index (κ2) is 9.36. The van der Waals surface area contributed by atoms with Crippen LogP contribution in [0.4, 0.5) is 5.69 Å². The van der Waals surface area contributed by atoms with E-state index in [1.165, 1.54) is 24.7 Å². The number of nitrogens with zero attached hydrogens (tertiary/aromatic N) is 3. The molecule has 2 aromatic rings. The zero-order valence-corrected chi connectivity index (χ0v) is 18.8. The lowest BCUT2D eigenvalue weighted by atomic mass is 9.80. The fourth-order valence-corrected chi connectivity index (χ4v) is 4.30. The third kappa shape index (κ3) is 4.64. The molecule has 2 atom stereocenters. The van der Waals surface area contributed by atoms with Gasteiger partial charge in [-0.3, -0.25) is 10.1 Å². The quantitative estimate of drug-likeness (QED) is 0.390. The largest absolute Gasteiger partial charge is 0.460 e. The maximum absolute atomic E-state index is 13.2. The fraction of sp³-hybridized carbons (Fsp3) is 0.381. The number of hydrogen-bond acceptors (Lipinski definition) is 9. The van der Waals surface area contributed by atoms with Crippen LogP contribution in [0.5, 0.6) is 0 Å². The average Bonchev–Trinajstić information content (AvgIpc) is 3.16. The molecule has 10 heteroatoms. The average molecular weight is 445 g/mol. The molecule has 0 fully saturated rings. The molecule has 1 aliphatic heterocycles. The van der Waals surface area contributed by atoms with E-state index in [0.717, 1.165) is 5.70 Å². The van der Waals surface area contributed by atoms with Crippen LogP contribution in [0.1, 0.15) is 43.1 Å². The topological polar surface area (TPSA) is 116 Å². The SMILES string of the molecule is COC(C)COC(=O)C1=C(C)NC(C)=C(c2nc(C)ns2)C1c1ccccc1[N+](=O)[O-]. The highest BCUT2D eigenvalue weighted by atomic mass is 32.1. The molecule has 1 N–H and O–H groups in total. The van der Waals surface area contributed by atoms with Crippen molar-refractivity contribution in [2.45, 2.75) is 39.7 Å². The lowest BCUT2D eigenvalue weighted by Gasteiger charge is -2.30. The number of carbonyl (C=O) groups excluding carboxylic acids is 1. The molecule has 9 nitrogen and oxygen atoms in total. The highest BCUT2D eigenvalue weighted by Crippen LogP contribution is 2.46. The molecule has 0 radical (unpaired) electrons. The Hall–Kier alpha value is -3.11. The number of aryl methyl sites for hydroxylation is 1. The molecule has 0 bridgehead atoms. The molecule has 1 aliphatic rings. The van der Waals surface area contributed by atoms with Crippen molar-refractivity contribution in [3.63, 3.8) is 0 Å². The van der Waals surface area contributed by atoms with Crippen LogP contribution in [-0.4, -0.2) is 40.1 Å². The number of rotatable bonds is 7. The Morgan fingerprint density at radius 1 is 1.29 bits per heavy atom. The molecule has 2 unspecified atom stereocenters. The summed E-state index contributed by atoms with van der Waals surface area (Å²) in [7, 11) is 1.53. The van der Waals surface area contributed by atoms with Gasteiger partial charge in [0.25, 0.3) is 5.69 Å². The standard InChI is InChI=1S/C21H24N4O5S/c1-11(29-5)10-30-21(26)18-13(3)22-12(2)17(20-23-14(4)24-31-20)19(18)15-8-6-7-9-16(15)25(27)28/h6-9,11,19,22H,10H2,1-5H3. The molecule has 0 amide bonds. The Morgan fingerprint density at radius 3 is 2.61 bits per heavy atom. The number of methoxy groups -OCH3 is 1. The van der Waals surface area contributed by atoms with E-state index in [0.29, 0.717) is 33.2 Å². The summed E-state index contributed by atoms with van der Waals surface area (Å²) >= 11 is 1.19. The Bertz CT molecular complexity index is 1080. The Labute approximate surface area is 184 Å². The van der Waals surface area contributed by atoms with Crippen LogP contribution in [0.25, 0.3) is 5.57 Å². The number of ether oxygens (including phenoxy) is 2. The van der Waals surface area contributed by atoms with E-state index in [9.17, 15) is 14.9 Å². The number of allylic oxidation sites excluding steroid dienone is 3. The third-order valence-corrected chi connectivity index (χ3v) is 5.87. The normalized spacial score (nSPS) is 17.4. The molecule has 0 spiro atoms. The predicted octanol–water partition coefficient (Wildman–Crippen LogP) is 3.72. The van der Waals surface area contributed by atoms with E-state index in [2.05, 4.69) is 14.7 Å². The van der Waals surface area contributed by atoms with Crippen LogP contribution >= 0.6 is 11.5 Å². The van der Waals surface area contributed by atoms with Crippen molar-refractivity contribution >= 4 is 28.8 Å². The Balaban J connectivity index is 2.18. The Morgan fingerprint density at radius 2 is 2.00 bits per heavy atom. The van der Waals surface area contributed by atoms with Gasteiger partial charge < -0.3 is 14.8 Å². The van der Waals surface area contributed by atoms with Gasteiger partial charge >= 0.3 is 5.97 Å². The van der Waals surface area contributed by atoms with E-state index < -0.39 is 16.8 Å². The first-order valence-electron chi connectivity index (χ1n) is 9.67. The van der Waals surface area contributed by atoms with E-state index >= 15 is 0 Å². The van der Waals surface area contributed by atoms with Crippen molar-refractivity contribution in [2.75, 3.05) is 13.7 Å². The van der Waals surface area contributed by atoms with E-state index in [-0.39, 0.29) is 18.4 Å². The lowest BCUT2D eigenvalue weighted by molar-refractivity contribution is -0.385. The van der Waals surface area contributed by atoms with Gasteiger partial charge in [0.1, 0.15) is 17.4 Å². The van der Waals surface area contributed by atoms with E-state index in [1.54, 1.807) is 39.0 Å². The maximum Gasteiger partial charge on any atom is 0.336 e. The second-order valence-electron chi connectivity index (χ2n) is 7.24. The van der Waals surface area contributed by atoms with Gasteiger partial charge in [-0.15, -0.1) is 0 Å². The van der Waals surface area contributed by atoms with Crippen molar-refractivity contribution in [3.8, 4) is 0 Å². The van der Waals surface area contributed by atoms with Crippen LogP contribution in [0.15, 0.2) is 41.2 Å². The first kappa shape index (κ1) is 22.6. The number of esters is 1. The van der Waals surface area contributed by atoms with E-state index in [1.807, 2.05) is 6.92 Å². The summed E-state index contributed by atoms with van der Waals surface area (Å²) in [6.45, 7) is 7.23. The third-order valence-electron chi connectivity index (χ3n) is 5.03. The number of carbonyl (C=O) groups is 1. The number of nitrogens with one attached hydrogen (secondary N) is 1. The van der Waals surface area contributed by atoms with Gasteiger partial charge in [0.15, 0.2) is 0 Å². The molecule has 0 aliphatic carbocycles. The molecule has 0 saturated heterocycles. The summed E-state index contributed by atoms with van der Waals surface area (Å²) in [6, 6.07) is 6.41. The second-order valence-corrected chi connectivity index (χ2v) is 7.99. The number of nitro benzene ring substituents is 1. The molecule has 1 aromatic carbocycles. The summed E-state index contributed by atoms with van der Waals surface area (Å²) in [4.78, 5) is 29.0. The summed E-state index contributed by atoms with van der Waals surface area (Å²) in [5, 5.41) is 15.6. The molecule has 0 saturated carbocycles. The summed E-state index contributed by atoms with van der Waals surface area (Å²) < 4.78 is 14.9. The number of hydrogen-bond donors (Lipinski definition) is 1. The summed E-state index contributed by atoms with van der Waals surface area (Å²) in [5.74, 6) is -0.713. The molecule has 3 rings (SSSR count).